The van der Waals surface area contributed by atoms with E-state index in [1.54, 1.807) is 0 Å². The Balaban J connectivity index is 1.43. The van der Waals surface area contributed by atoms with Crippen molar-refractivity contribution in [2.75, 3.05) is 22.9 Å². The zero-order valence-corrected chi connectivity index (χ0v) is 25.6. The van der Waals surface area contributed by atoms with Gasteiger partial charge in [-0.25, -0.2) is 9.59 Å². The molecule has 4 rings (SSSR count). The van der Waals surface area contributed by atoms with Crippen LogP contribution in [0.1, 0.15) is 69.2 Å². The number of halogens is 6. The average Bonchev–Trinajstić information content (AvgIpc) is 3.26. The van der Waals surface area contributed by atoms with E-state index in [1.807, 2.05) is 0 Å². The molecule has 10 nitrogen and oxygen atoms in total. The normalized spacial score (nSPS) is 17.9. The number of nitriles is 2. The largest absolute Gasteiger partial charge is 0.417 e. The van der Waals surface area contributed by atoms with Crippen molar-refractivity contribution in [3.8, 4) is 12.1 Å². The van der Waals surface area contributed by atoms with Crippen LogP contribution in [0.15, 0.2) is 36.4 Å². The zero-order chi connectivity index (χ0) is 35.3. The van der Waals surface area contributed by atoms with Crippen LogP contribution >= 0.6 is 0 Å². The van der Waals surface area contributed by atoms with Gasteiger partial charge in [0.2, 0.25) is 0 Å². The van der Waals surface area contributed by atoms with Crippen molar-refractivity contribution in [2.45, 2.75) is 70.4 Å². The second-order valence-corrected chi connectivity index (χ2v) is 12.0. The molecule has 16 heteroatoms. The van der Waals surface area contributed by atoms with Crippen molar-refractivity contribution in [2.24, 2.45) is 0 Å². The number of hydrogen-bond acceptors (Lipinski definition) is 6. The van der Waals surface area contributed by atoms with Crippen molar-refractivity contribution < 1.29 is 45.5 Å². The monoisotopic (exact) mass is 662 g/mol. The third kappa shape index (κ3) is 6.07. The Morgan fingerprint density at radius 2 is 0.957 bits per heavy atom. The van der Waals surface area contributed by atoms with E-state index in [0.29, 0.717) is 18.6 Å². The van der Waals surface area contributed by atoms with Crippen LogP contribution < -0.4 is 9.80 Å². The Labute approximate surface area is 265 Å². The molecule has 2 aromatic carbocycles. The van der Waals surface area contributed by atoms with Gasteiger partial charge in [0.05, 0.1) is 34.4 Å². The number of unbranched alkanes of at least 4 members (excludes halogenated alkanes) is 2. The van der Waals surface area contributed by atoms with Gasteiger partial charge < -0.3 is 0 Å². The lowest BCUT2D eigenvalue weighted by atomic mass is 10.0. The second kappa shape index (κ2) is 11.9. The lowest BCUT2D eigenvalue weighted by Gasteiger charge is -2.28. The topological polar surface area (TPSA) is 129 Å². The molecular formula is C31H28F6N6O4. The average molecular weight is 663 g/mol. The number of nitrogens with zero attached hydrogens (tertiary/aromatic N) is 6. The number of benzene rings is 2. The standard InChI is InChI=1S/C31H28F6N6O4/c1-28(2)24(44)40(26(46)42(28)20-10-8-18(16-38)22(14-20)30(32,33)34)12-6-5-7-13-41-25(45)29(3,4)43(27(41)47)21-11-9-19(17-39)23(15-21)31(35,36)37/h8-11,14-15H,5-7,12-13H2,1-4H3. The summed E-state index contributed by atoms with van der Waals surface area (Å²) in [5.74, 6) is -1.33. The molecule has 0 radical (unpaired) electrons. The summed E-state index contributed by atoms with van der Waals surface area (Å²) in [6, 6.07) is 6.65. The minimum Gasteiger partial charge on any atom is -0.279 e. The predicted molar refractivity (Wildman–Crippen MR) is 154 cm³/mol. The van der Waals surface area contributed by atoms with Crippen LogP contribution in [0.3, 0.4) is 0 Å². The van der Waals surface area contributed by atoms with E-state index in [4.69, 9.17) is 10.5 Å². The third-order valence-electron chi connectivity index (χ3n) is 8.14. The van der Waals surface area contributed by atoms with Crippen LogP contribution in [0.5, 0.6) is 0 Å². The van der Waals surface area contributed by atoms with Gasteiger partial charge in [-0.3, -0.25) is 29.2 Å². The van der Waals surface area contributed by atoms with Crippen molar-refractivity contribution in [1.29, 1.82) is 10.5 Å². The highest BCUT2D eigenvalue weighted by Crippen LogP contribution is 2.40. The summed E-state index contributed by atoms with van der Waals surface area (Å²) >= 11 is 0. The maximum atomic E-state index is 13.6. The molecule has 0 atom stereocenters. The fourth-order valence-electron chi connectivity index (χ4n) is 5.73. The van der Waals surface area contributed by atoms with E-state index >= 15 is 0 Å². The molecule has 2 heterocycles. The molecule has 0 aromatic heterocycles. The van der Waals surface area contributed by atoms with E-state index in [1.165, 1.54) is 39.8 Å². The molecule has 2 aliphatic rings. The smallest absolute Gasteiger partial charge is 0.279 e. The summed E-state index contributed by atoms with van der Waals surface area (Å²) in [4.78, 5) is 56.5. The Morgan fingerprint density at radius 3 is 1.26 bits per heavy atom. The molecule has 2 aromatic rings. The summed E-state index contributed by atoms with van der Waals surface area (Å²) < 4.78 is 81.3. The fraction of sp³-hybridized carbons (Fsp3) is 0.419. The van der Waals surface area contributed by atoms with Crippen LogP contribution in [-0.2, 0) is 21.9 Å². The summed E-state index contributed by atoms with van der Waals surface area (Å²) in [5, 5.41) is 18.2. The Morgan fingerprint density at radius 1 is 0.617 bits per heavy atom. The van der Waals surface area contributed by atoms with Crippen molar-refractivity contribution >= 4 is 35.3 Å². The minimum atomic E-state index is -4.88. The predicted octanol–water partition coefficient (Wildman–Crippen LogP) is 6.43. The number of alkyl halides is 6. The first-order chi connectivity index (χ1) is 21.7. The molecule has 2 saturated heterocycles. The van der Waals surface area contributed by atoms with Crippen LogP contribution in [0.25, 0.3) is 0 Å². The first-order valence-corrected chi connectivity index (χ1v) is 14.2. The first-order valence-electron chi connectivity index (χ1n) is 14.2. The van der Waals surface area contributed by atoms with E-state index in [0.717, 1.165) is 43.9 Å². The number of carbonyl (C=O) groups is 4. The van der Waals surface area contributed by atoms with Gasteiger partial charge in [0.1, 0.15) is 11.1 Å². The molecule has 6 amide bonds. The number of anilines is 2. The summed E-state index contributed by atoms with van der Waals surface area (Å²) in [6.45, 7) is 5.27. The molecule has 2 fully saturated rings. The SMILES string of the molecule is CC1(C)C(=O)N(CCCCCN2C(=O)N(c3ccc(C#N)c(C(F)(F)F)c3)C(C)(C)C2=O)C(=O)N1c1ccc(C#N)c(C(F)(F)F)c1. The van der Waals surface area contributed by atoms with Crippen molar-refractivity contribution in [3.63, 3.8) is 0 Å². The van der Waals surface area contributed by atoms with Crippen LogP contribution in [0.2, 0.25) is 0 Å². The molecule has 0 bridgehead atoms. The van der Waals surface area contributed by atoms with Crippen molar-refractivity contribution in [1.82, 2.24) is 9.80 Å². The number of urea groups is 2. The first kappa shape index (κ1) is 34.7. The summed E-state index contributed by atoms with van der Waals surface area (Å²) in [5.41, 5.74) is -7.31. The van der Waals surface area contributed by atoms with Crippen LogP contribution in [-0.4, -0.2) is 57.8 Å². The maximum absolute atomic E-state index is 13.6. The molecule has 248 valence electrons. The second-order valence-electron chi connectivity index (χ2n) is 12.0. The molecular weight excluding hydrogens is 634 g/mol. The molecule has 0 unspecified atom stereocenters. The summed E-state index contributed by atoms with van der Waals surface area (Å²) in [7, 11) is 0. The number of rotatable bonds is 8. The minimum absolute atomic E-state index is 0.120. The van der Waals surface area contributed by atoms with Gasteiger partial charge in [-0.05, 0) is 83.4 Å². The number of carbonyl (C=O) groups excluding carboxylic acids is 4. The van der Waals surface area contributed by atoms with Crippen LogP contribution in [0.4, 0.5) is 47.3 Å². The number of hydrogen-bond donors (Lipinski definition) is 0. The van der Waals surface area contributed by atoms with Gasteiger partial charge in [0, 0.05) is 24.5 Å². The molecule has 0 N–H and O–H groups in total. The molecule has 0 aliphatic carbocycles. The Bertz CT molecular complexity index is 1610. The Hall–Kier alpha value is -5.12. The third-order valence-corrected chi connectivity index (χ3v) is 8.14. The van der Waals surface area contributed by atoms with Gasteiger partial charge in [-0.2, -0.15) is 36.9 Å². The lowest BCUT2D eigenvalue weighted by Crippen LogP contribution is -2.44. The van der Waals surface area contributed by atoms with E-state index in [9.17, 15) is 45.5 Å². The van der Waals surface area contributed by atoms with Crippen LogP contribution in [0, 0.1) is 22.7 Å². The number of amides is 6. The highest BCUT2D eigenvalue weighted by atomic mass is 19.4. The quantitative estimate of drug-likeness (QED) is 0.182. The van der Waals surface area contributed by atoms with Gasteiger partial charge >= 0.3 is 24.4 Å². The van der Waals surface area contributed by atoms with E-state index < -0.39 is 69.6 Å². The highest BCUT2D eigenvalue weighted by molar-refractivity contribution is 6.17. The zero-order valence-electron chi connectivity index (χ0n) is 25.6. The molecule has 0 saturated carbocycles. The van der Waals surface area contributed by atoms with Crippen molar-refractivity contribution in [3.05, 3.63) is 58.7 Å². The molecule has 0 spiro atoms. The Kier molecular flexibility index (Phi) is 8.81. The number of imide groups is 2. The summed E-state index contributed by atoms with van der Waals surface area (Å²) in [6.07, 6.45) is -9.06. The van der Waals surface area contributed by atoms with Gasteiger partial charge in [0.15, 0.2) is 0 Å². The highest BCUT2D eigenvalue weighted by Gasteiger charge is 2.53. The maximum Gasteiger partial charge on any atom is 0.417 e. The van der Waals surface area contributed by atoms with Gasteiger partial charge in [0.25, 0.3) is 11.8 Å². The van der Waals surface area contributed by atoms with Gasteiger partial charge in [-0.1, -0.05) is 0 Å². The molecule has 47 heavy (non-hydrogen) atoms. The lowest BCUT2D eigenvalue weighted by molar-refractivity contribution is -0.138. The fourth-order valence-corrected chi connectivity index (χ4v) is 5.73. The van der Waals surface area contributed by atoms with Gasteiger partial charge in [-0.15, -0.1) is 0 Å². The molecule has 2 aliphatic heterocycles. The van der Waals surface area contributed by atoms with E-state index in [2.05, 4.69) is 0 Å². The van der Waals surface area contributed by atoms with E-state index in [-0.39, 0.29) is 37.3 Å².